The molecule has 5 heteroatoms. The number of methoxy groups -OCH3 is 1. The minimum Gasteiger partial charge on any atom is -0.497 e. The van der Waals surface area contributed by atoms with Crippen LogP contribution in [0.1, 0.15) is 24.8 Å². The maximum absolute atomic E-state index is 12.5. The number of amides is 1. The van der Waals surface area contributed by atoms with Crippen LogP contribution in [0.15, 0.2) is 24.3 Å². The molecule has 0 spiro atoms. The Morgan fingerprint density at radius 3 is 2.96 bits per heavy atom. The van der Waals surface area contributed by atoms with Gasteiger partial charge in [0, 0.05) is 25.4 Å². The number of ether oxygens (including phenoxy) is 3. The van der Waals surface area contributed by atoms with Crippen LogP contribution in [0.25, 0.3) is 0 Å². The molecule has 1 unspecified atom stereocenters. The lowest BCUT2D eigenvalue weighted by molar-refractivity contribution is -0.139. The second-order valence-electron chi connectivity index (χ2n) is 6.20. The van der Waals surface area contributed by atoms with Crippen molar-refractivity contribution in [2.75, 3.05) is 33.4 Å². The van der Waals surface area contributed by atoms with E-state index in [0.717, 1.165) is 43.7 Å². The number of likely N-dealkylation sites (tertiary alicyclic amines) is 1. The Hall–Kier alpha value is -1.59. The quantitative estimate of drug-likeness (QED) is 0.835. The van der Waals surface area contributed by atoms with Gasteiger partial charge in [-0.25, -0.2) is 0 Å². The molecule has 0 bridgehead atoms. The van der Waals surface area contributed by atoms with Crippen LogP contribution in [0.5, 0.6) is 5.75 Å². The van der Waals surface area contributed by atoms with E-state index in [4.69, 9.17) is 14.2 Å². The molecule has 2 fully saturated rings. The minimum absolute atomic E-state index is 0.121. The fourth-order valence-corrected chi connectivity index (χ4v) is 3.34. The second-order valence-corrected chi connectivity index (χ2v) is 6.20. The van der Waals surface area contributed by atoms with Crippen molar-refractivity contribution in [3.63, 3.8) is 0 Å². The van der Waals surface area contributed by atoms with Crippen molar-refractivity contribution < 1.29 is 19.0 Å². The van der Waals surface area contributed by atoms with E-state index in [1.807, 2.05) is 29.2 Å². The highest BCUT2D eigenvalue weighted by molar-refractivity contribution is 5.76. The molecule has 1 aromatic carbocycles. The molecule has 2 heterocycles. The van der Waals surface area contributed by atoms with Crippen LogP contribution in [0.2, 0.25) is 0 Å². The molecular weight excluding hydrogens is 294 g/mol. The third kappa shape index (κ3) is 4.24. The summed E-state index contributed by atoms with van der Waals surface area (Å²) in [5.74, 6) is 1.37. The van der Waals surface area contributed by atoms with Gasteiger partial charge in [0.1, 0.15) is 5.75 Å². The number of hydrogen-bond donors (Lipinski definition) is 0. The molecule has 126 valence electrons. The van der Waals surface area contributed by atoms with E-state index in [9.17, 15) is 4.79 Å². The summed E-state index contributed by atoms with van der Waals surface area (Å²) in [7, 11) is 1.66. The monoisotopic (exact) mass is 319 g/mol. The van der Waals surface area contributed by atoms with Crippen LogP contribution in [-0.4, -0.2) is 50.5 Å². The van der Waals surface area contributed by atoms with Gasteiger partial charge in [0.15, 0.2) is 6.29 Å². The Balaban J connectivity index is 1.50. The van der Waals surface area contributed by atoms with Crippen molar-refractivity contribution in [2.24, 2.45) is 5.92 Å². The third-order valence-corrected chi connectivity index (χ3v) is 4.60. The molecule has 0 saturated carbocycles. The molecule has 0 aliphatic carbocycles. The van der Waals surface area contributed by atoms with E-state index in [-0.39, 0.29) is 12.2 Å². The van der Waals surface area contributed by atoms with Crippen LogP contribution in [0, 0.1) is 5.92 Å². The fourth-order valence-electron chi connectivity index (χ4n) is 3.34. The number of carbonyl (C=O) groups is 1. The number of hydrogen-bond acceptors (Lipinski definition) is 4. The van der Waals surface area contributed by atoms with Crippen molar-refractivity contribution in [3.05, 3.63) is 29.8 Å². The second kappa shape index (κ2) is 7.79. The van der Waals surface area contributed by atoms with Crippen molar-refractivity contribution >= 4 is 5.91 Å². The highest BCUT2D eigenvalue weighted by Gasteiger charge is 2.32. The lowest BCUT2D eigenvalue weighted by Crippen LogP contribution is -2.43. The topological polar surface area (TPSA) is 48.0 Å². The van der Waals surface area contributed by atoms with E-state index in [0.29, 0.717) is 25.6 Å². The molecule has 2 aliphatic heterocycles. The molecule has 0 radical (unpaired) electrons. The van der Waals surface area contributed by atoms with Crippen LogP contribution >= 0.6 is 0 Å². The van der Waals surface area contributed by atoms with Crippen LogP contribution in [0.3, 0.4) is 0 Å². The largest absolute Gasteiger partial charge is 0.497 e. The smallest absolute Gasteiger partial charge is 0.222 e. The van der Waals surface area contributed by atoms with Crippen LogP contribution in [-0.2, 0) is 20.7 Å². The average Bonchev–Trinajstić information content (AvgIpc) is 3.14. The summed E-state index contributed by atoms with van der Waals surface area (Å²) in [6.45, 7) is 2.94. The van der Waals surface area contributed by atoms with Gasteiger partial charge >= 0.3 is 0 Å². The summed E-state index contributed by atoms with van der Waals surface area (Å²) in [5.41, 5.74) is 1.13. The average molecular weight is 319 g/mol. The van der Waals surface area contributed by atoms with Gasteiger partial charge in [0.2, 0.25) is 5.91 Å². The molecule has 3 rings (SSSR count). The maximum atomic E-state index is 12.5. The van der Waals surface area contributed by atoms with Gasteiger partial charge in [-0.3, -0.25) is 4.79 Å². The van der Waals surface area contributed by atoms with Gasteiger partial charge < -0.3 is 19.1 Å². The predicted molar refractivity (Wildman–Crippen MR) is 86.3 cm³/mol. The highest BCUT2D eigenvalue weighted by Crippen LogP contribution is 2.25. The third-order valence-electron chi connectivity index (χ3n) is 4.60. The molecular formula is C18H25NO4. The van der Waals surface area contributed by atoms with Crippen molar-refractivity contribution in [1.29, 1.82) is 0 Å². The number of rotatable bonds is 5. The lowest BCUT2D eigenvalue weighted by atomic mass is 9.97. The first-order valence-electron chi connectivity index (χ1n) is 8.40. The zero-order valence-electron chi connectivity index (χ0n) is 13.7. The normalized spacial score (nSPS) is 22.3. The predicted octanol–water partition coefficient (Wildman–Crippen LogP) is 2.24. The zero-order valence-corrected chi connectivity index (χ0v) is 13.7. The molecule has 1 atom stereocenters. The Kier molecular flexibility index (Phi) is 5.51. The number of nitrogens with zero attached hydrogens (tertiary/aromatic N) is 1. The number of piperidine rings is 1. The SMILES string of the molecule is COc1cccc(CCC(=O)N2CCCC(C3OCCO3)C2)c1. The molecule has 23 heavy (non-hydrogen) atoms. The Morgan fingerprint density at radius 1 is 1.35 bits per heavy atom. The van der Waals surface area contributed by atoms with Gasteiger partial charge in [-0.05, 0) is 37.0 Å². The Labute approximate surface area is 137 Å². The first-order valence-corrected chi connectivity index (χ1v) is 8.40. The summed E-state index contributed by atoms with van der Waals surface area (Å²) in [6, 6.07) is 7.91. The maximum Gasteiger partial charge on any atom is 0.222 e. The minimum atomic E-state index is -0.121. The molecule has 0 aromatic heterocycles. The molecule has 5 nitrogen and oxygen atoms in total. The van der Waals surface area contributed by atoms with E-state index < -0.39 is 0 Å². The highest BCUT2D eigenvalue weighted by atomic mass is 16.7. The molecule has 2 aliphatic rings. The Morgan fingerprint density at radius 2 is 2.17 bits per heavy atom. The number of benzene rings is 1. The molecule has 2 saturated heterocycles. The number of aryl methyl sites for hydroxylation is 1. The van der Waals surface area contributed by atoms with Gasteiger partial charge in [-0.1, -0.05) is 12.1 Å². The summed E-state index contributed by atoms with van der Waals surface area (Å²) in [6.07, 6.45) is 3.26. The summed E-state index contributed by atoms with van der Waals surface area (Å²) < 4.78 is 16.4. The van der Waals surface area contributed by atoms with E-state index in [1.165, 1.54) is 0 Å². The number of carbonyl (C=O) groups excluding carboxylic acids is 1. The van der Waals surface area contributed by atoms with E-state index in [2.05, 4.69) is 0 Å². The summed E-state index contributed by atoms with van der Waals surface area (Å²) in [5, 5.41) is 0. The zero-order chi connectivity index (χ0) is 16.1. The van der Waals surface area contributed by atoms with Crippen molar-refractivity contribution in [1.82, 2.24) is 4.90 Å². The lowest BCUT2D eigenvalue weighted by Gasteiger charge is -2.34. The fraction of sp³-hybridized carbons (Fsp3) is 0.611. The van der Waals surface area contributed by atoms with Crippen molar-refractivity contribution in [2.45, 2.75) is 32.0 Å². The molecule has 1 aromatic rings. The van der Waals surface area contributed by atoms with Gasteiger partial charge in [0.25, 0.3) is 0 Å². The van der Waals surface area contributed by atoms with Crippen molar-refractivity contribution in [3.8, 4) is 5.75 Å². The van der Waals surface area contributed by atoms with Gasteiger partial charge in [-0.15, -0.1) is 0 Å². The first kappa shape index (κ1) is 16.3. The van der Waals surface area contributed by atoms with Gasteiger partial charge in [-0.2, -0.15) is 0 Å². The Bertz CT molecular complexity index is 528. The van der Waals surface area contributed by atoms with E-state index in [1.54, 1.807) is 7.11 Å². The summed E-state index contributed by atoms with van der Waals surface area (Å²) >= 11 is 0. The van der Waals surface area contributed by atoms with Crippen LogP contribution < -0.4 is 4.74 Å². The van der Waals surface area contributed by atoms with Crippen LogP contribution in [0.4, 0.5) is 0 Å². The molecule has 1 amide bonds. The summed E-state index contributed by atoms with van der Waals surface area (Å²) in [4.78, 5) is 14.5. The first-order chi connectivity index (χ1) is 11.3. The molecule has 0 N–H and O–H groups in total. The van der Waals surface area contributed by atoms with E-state index >= 15 is 0 Å². The standard InChI is InChI=1S/C18H25NO4/c1-21-16-6-2-4-14(12-16)7-8-17(20)19-9-3-5-15(13-19)18-22-10-11-23-18/h2,4,6,12,15,18H,3,5,7-11,13H2,1H3. The van der Waals surface area contributed by atoms with Gasteiger partial charge in [0.05, 0.1) is 20.3 Å².